The summed E-state index contributed by atoms with van der Waals surface area (Å²) < 4.78 is 0. The molecule has 0 N–H and O–H groups in total. The van der Waals surface area contributed by atoms with Crippen molar-refractivity contribution in [2.75, 3.05) is 0 Å². The fraction of sp³-hybridized carbons (Fsp3) is 0.793. The zero-order valence-electron chi connectivity index (χ0n) is 19.6. The van der Waals surface area contributed by atoms with E-state index >= 15 is 0 Å². The molecule has 164 valence electrons. The Bertz CT molecular complexity index is 526. The van der Waals surface area contributed by atoms with Gasteiger partial charge in [0.25, 0.3) is 0 Å². The fourth-order valence-corrected chi connectivity index (χ4v) is 6.20. The van der Waals surface area contributed by atoms with Crippen LogP contribution in [-0.2, 0) is 12.8 Å². The Morgan fingerprint density at radius 2 is 1.03 bits per heavy atom. The van der Waals surface area contributed by atoms with Crippen molar-refractivity contribution >= 4 is 0 Å². The SMILES string of the molecule is CCCCC[C@H]1CC[C@H]([C@H]2CC[C@H](CCc3ccc(CCCC)cc3)CC2)CC1. The lowest BCUT2D eigenvalue weighted by molar-refractivity contribution is 0.140. The normalized spacial score (nSPS) is 27.8. The Hall–Kier alpha value is -0.780. The summed E-state index contributed by atoms with van der Waals surface area (Å²) in [7, 11) is 0. The molecular formula is C29H48. The van der Waals surface area contributed by atoms with Gasteiger partial charge in [-0.25, -0.2) is 0 Å². The van der Waals surface area contributed by atoms with E-state index in [2.05, 4.69) is 38.1 Å². The molecule has 2 fully saturated rings. The van der Waals surface area contributed by atoms with Gasteiger partial charge in [-0.15, -0.1) is 0 Å². The average molecular weight is 397 g/mol. The van der Waals surface area contributed by atoms with Crippen LogP contribution in [0.2, 0.25) is 0 Å². The first-order valence-electron chi connectivity index (χ1n) is 13.4. The van der Waals surface area contributed by atoms with Crippen molar-refractivity contribution in [2.24, 2.45) is 23.7 Å². The van der Waals surface area contributed by atoms with Crippen LogP contribution in [-0.4, -0.2) is 0 Å². The van der Waals surface area contributed by atoms with Crippen molar-refractivity contribution in [3.05, 3.63) is 35.4 Å². The van der Waals surface area contributed by atoms with E-state index in [0.717, 1.165) is 23.7 Å². The summed E-state index contributed by atoms with van der Waals surface area (Å²) in [5.74, 6) is 4.22. The third kappa shape index (κ3) is 7.76. The molecule has 1 aromatic carbocycles. The summed E-state index contributed by atoms with van der Waals surface area (Å²) in [6.07, 6.45) is 24.7. The van der Waals surface area contributed by atoms with E-state index in [1.807, 2.05) is 0 Å². The largest absolute Gasteiger partial charge is 0.0654 e. The smallest absolute Gasteiger partial charge is 0.0276 e. The molecule has 0 heterocycles. The Kier molecular flexibility index (Phi) is 10.1. The highest BCUT2D eigenvalue weighted by Crippen LogP contribution is 2.43. The van der Waals surface area contributed by atoms with Crippen molar-refractivity contribution in [1.29, 1.82) is 0 Å². The zero-order chi connectivity index (χ0) is 20.3. The van der Waals surface area contributed by atoms with Gasteiger partial charge in [0.2, 0.25) is 0 Å². The first-order valence-corrected chi connectivity index (χ1v) is 13.4. The molecule has 0 aromatic heterocycles. The number of unbranched alkanes of at least 4 members (excludes halogenated alkanes) is 3. The molecule has 0 unspecified atom stereocenters. The molecular weight excluding hydrogens is 348 g/mol. The first kappa shape index (κ1) is 22.9. The van der Waals surface area contributed by atoms with E-state index in [4.69, 9.17) is 0 Å². The number of hydrogen-bond acceptors (Lipinski definition) is 0. The molecule has 3 rings (SSSR count). The van der Waals surface area contributed by atoms with E-state index in [-0.39, 0.29) is 0 Å². The van der Waals surface area contributed by atoms with Gasteiger partial charge in [-0.05, 0) is 86.2 Å². The Morgan fingerprint density at radius 1 is 0.552 bits per heavy atom. The van der Waals surface area contributed by atoms with Crippen LogP contribution in [0.15, 0.2) is 24.3 Å². The van der Waals surface area contributed by atoms with E-state index in [1.54, 1.807) is 31.2 Å². The second-order valence-electron chi connectivity index (χ2n) is 10.5. The van der Waals surface area contributed by atoms with Crippen LogP contribution < -0.4 is 0 Å². The minimum Gasteiger partial charge on any atom is -0.0654 e. The lowest BCUT2D eigenvalue weighted by atomic mass is 9.68. The molecule has 0 saturated heterocycles. The van der Waals surface area contributed by atoms with E-state index in [0.29, 0.717) is 0 Å². The molecule has 2 aliphatic rings. The van der Waals surface area contributed by atoms with Crippen LogP contribution in [0, 0.1) is 23.7 Å². The lowest BCUT2D eigenvalue weighted by Crippen LogP contribution is -2.26. The quantitative estimate of drug-likeness (QED) is 0.327. The molecule has 29 heavy (non-hydrogen) atoms. The van der Waals surface area contributed by atoms with Gasteiger partial charge in [0.15, 0.2) is 0 Å². The van der Waals surface area contributed by atoms with Gasteiger partial charge < -0.3 is 0 Å². The van der Waals surface area contributed by atoms with Gasteiger partial charge in [-0.2, -0.15) is 0 Å². The summed E-state index contributed by atoms with van der Waals surface area (Å²) in [4.78, 5) is 0. The van der Waals surface area contributed by atoms with Gasteiger partial charge in [-0.3, -0.25) is 0 Å². The number of rotatable bonds is 11. The summed E-state index contributed by atoms with van der Waals surface area (Å²) in [5.41, 5.74) is 3.09. The van der Waals surface area contributed by atoms with E-state index in [9.17, 15) is 0 Å². The Labute approximate surface area is 182 Å². The molecule has 0 heteroatoms. The number of benzene rings is 1. The van der Waals surface area contributed by atoms with Gasteiger partial charge in [-0.1, -0.05) is 95.9 Å². The van der Waals surface area contributed by atoms with Crippen LogP contribution in [0.5, 0.6) is 0 Å². The Balaban J connectivity index is 1.30. The van der Waals surface area contributed by atoms with Crippen molar-refractivity contribution in [2.45, 2.75) is 123 Å². The molecule has 0 spiro atoms. The number of aryl methyl sites for hydroxylation is 2. The summed E-state index contributed by atoms with van der Waals surface area (Å²) in [5, 5.41) is 0. The van der Waals surface area contributed by atoms with Crippen LogP contribution in [0.4, 0.5) is 0 Å². The summed E-state index contributed by atoms with van der Waals surface area (Å²) in [6, 6.07) is 9.55. The second-order valence-corrected chi connectivity index (χ2v) is 10.5. The molecule has 0 aliphatic heterocycles. The topological polar surface area (TPSA) is 0 Å². The molecule has 0 amide bonds. The van der Waals surface area contributed by atoms with Crippen LogP contribution in [0.1, 0.15) is 121 Å². The van der Waals surface area contributed by atoms with Crippen LogP contribution in [0.3, 0.4) is 0 Å². The monoisotopic (exact) mass is 396 g/mol. The number of hydrogen-bond donors (Lipinski definition) is 0. The highest BCUT2D eigenvalue weighted by atomic mass is 14.4. The van der Waals surface area contributed by atoms with Gasteiger partial charge >= 0.3 is 0 Å². The van der Waals surface area contributed by atoms with E-state index < -0.39 is 0 Å². The maximum Gasteiger partial charge on any atom is -0.0276 e. The molecule has 0 radical (unpaired) electrons. The molecule has 0 atom stereocenters. The van der Waals surface area contributed by atoms with Crippen LogP contribution >= 0.6 is 0 Å². The van der Waals surface area contributed by atoms with Gasteiger partial charge in [0.1, 0.15) is 0 Å². The maximum absolute atomic E-state index is 2.40. The predicted molar refractivity (Wildman–Crippen MR) is 128 cm³/mol. The fourth-order valence-electron chi connectivity index (χ4n) is 6.20. The van der Waals surface area contributed by atoms with Crippen molar-refractivity contribution in [1.82, 2.24) is 0 Å². The zero-order valence-corrected chi connectivity index (χ0v) is 19.6. The predicted octanol–water partition coefficient (Wildman–Crippen LogP) is 9.15. The lowest BCUT2D eigenvalue weighted by Gasteiger charge is -2.38. The molecule has 0 nitrogen and oxygen atoms in total. The summed E-state index contributed by atoms with van der Waals surface area (Å²) >= 11 is 0. The minimum atomic E-state index is 0.997. The minimum absolute atomic E-state index is 0.997. The van der Waals surface area contributed by atoms with Gasteiger partial charge in [0, 0.05) is 0 Å². The average Bonchev–Trinajstić information content (AvgIpc) is 2.78. The maximum atomic E-state index is 2.40. The molecule has 1 aromatic rings. The summed E-state index contributed by atoms with van der Waals surface area (Å²) in [6.45, 7) is 4.61. The standard InChI is InChI=1S/C29H48/c1-3-5-7-9-25-16-20-28(21-17-25)29-22-18-27(19-23-29)15-14-26-12-10-24(11-13-26)8-6-4-2/h10-13,25,27-29H,3-9,14-23H2,1-2H3/t25-,27-,28-,29-. The third-order valence-electron chi connectivity index (χ3n) is 8.35. The highest BCUT2D eigenvalue weighted by molar-refractivity contribution is 5.22. The second kappa shape index (κ2) is 12.8. The molecule has 2 aliphatic carbocycles. The van der Waals surface area contributed by atoms with E-state index in [1.165, 1.54) is 89.0 Å². The van der Waals surface area contributed by atoms with Gasteiger partial charge in [0.05, 0.1) is 0 Å². The molecule has 0 bridgehead atoms. The van der Waals surface area contributed by atoms with Crippen molar-refractivity contribution in [3.8, 4) is 0 Å². The third-order valence-corrected chi connectivity index (χ3v) is 8.35. The first-order chi connectivity index (χ1) is 14.3. The van der Waals surface area contributed by atoms with Crippen LogP contribution in [0.25, 0.3) is 0 Å². The highest BCUT2D eigenvalue weighted by Gasteiger charge is 2.30. The Morgan fingerprint density at radius 3 is 1.55 bits per heavy atom. The van der Waals surface area contributed by atoms with Crippen molar-refractivity contribution < 1.29 is 0 Å². The van der Waals surface area contributed by atoms with Crippen molar-refractivity contribution in [3.63, 3.8) is 0 Å². The molecule has 2 saturated carbocycles.